The van der Waals surface area contributed by atoms with E-state index in [0.29, 0.717) is 0 Å². The summed E-state index contributed by atoms with van der Waals surface area (Å²) in [6.07, 6.45) is 3.42. The monoisotopic (exact) mass is 309 g/mol. The van der Waals surface area contributed by atoms with Crippen LogP contribution in [-0.2, 0) is 12.8 Å². The van der Waals surface area contributed by atoms with E-state index in [-0.39, 0.29) is 22.3 Å². The molecular formula is C18H15NO4. The number of benzene rings is 1. The van der Waals surface area contributed by atoms with Gasteiger partial charge in [0.25, 0.3) is 5.56 Å². The third-order valence-electron chi connectivity index (χ3n) is 4.35. The number of rotatable bonds is 1. The summed E-state index contributed by atoms with van der Waals surface area (Å²) in [5, 5.41) is 10.2. The second-order valence-corrected chi connectivity index (χ2v) is 5.76. The predicted octanol–water partition coefficient (Wildman–Crippen LogP) is 2.53. The molecule has 0 spiro atoms. The van der Waals surface area contributed by atoms with Crippen LogP contribution in [0.15, 0.2) is 50.4 Å². The Hall–Kier alpha value is -2.82. The number of aryl methyl sites for hydroxylation is 1. The molecule has 0 atom stereocenters. The van der Waals surface area contributed by atoms with E-state index in [1.807, 2.05) is 30.3 Å². The van der Waals surface area contributed by atoms with Crippen LogP contribution in [0.4, 0.5) is 0 Å². The van der Waals surface area contributed by atoms with Crippen molar-refractivity contribution in [1.29, 1.82) is 0 Å². The molecule has 0 unspecified atom stereocenters. The minimum absolute atomic E-state index is 0.0779. The molecule has 1 aliphatic rings. The maximum absolute atomic E-state index is 13.0. The number of para-hydroxylation sites is 1. The quantitative estimate of drug-likeness (QED) is 0.749. The van der Waals surface area contributed by atoms with E-state index in [2.05, 4.69) is 0 Å². The summed E-state index contributed by atoms with van der Waals surface area (Å²) >= 11 is 0. The van der Waals surface area contributed by atoms with E-state index >= 15 is 0 Å². The summed E-state index contributed by atoms with van der Waals surface area (Å²) in [6.45, 7) is 0. The second-order valence-electron chi connectivity index (χ2n) is 5.76. The van der Waals surface area contributed by atoms with Gasteiger partial charge in [0.1, 0.15) is 11.1 Å². The van der Waals surface area contributed by atoms with Crippen LogP contribution in [0.2, 0.25) is 0 Å². The van der Waals surface area contributed by atoms with Gasteiger partial charge in [0.15, 0.2) is 5.58 Å². The Morgan fingerprint density at radius 3 is 2.57 bits per heavy atom. The molecule has 0 aliphatic heterocycles. The molecule has 5 nitrogen and oxygen atoms in total. The van der Waals surface area contributed by atoms with Gasteiger partial charge in [-0.05, 0) is 37.8 Å². The fourth-order valence-corrected chi connectivity index (χ4v) is 3.37. The van der Waals surface area contributed by atoms with Gasteiger partial charge in [0, 0.05) is 16.9 Å². The molecule has 1 N–H and O–H groups in total. The third-order valence-corrected chi connectivity index (χ3v) is 4.35. The van der Waals surface area contributed by atoms with Gasteiger partial charge in [-0.2, -0.15) is 0 Å². The summed E-state index contributed by atoms with van der Waals surface area (Å²) in [4.78, 5) is 24.6. The van der Waals surface area contributed by atoms with Crippen molar-refractivity contribution in [1.82, 2.24) is 4.57 Å². The zero-order valence-corrected chi connectivity index (χ0v) is 12.4. The highest BCUT2D eigenvalue weighted by Crippen LogP contribution is 2.31. The number of fused-ring (bicyclic) bond motifs is 3. The maximum Gasteiger partial charge on any atom is 0.339 e. The minimum atomic E-state index is -0.639. The second kappa shape index (κ2) is 5.12. The van der Waals surface area contributed by atoms with Crippen LogP contribution in [0, 0.1) is 0 Å². The van der Waals surface area contributed by atoms with E-state index in [0.717, 1.165) is 48.7 Å². The van der Waals surface area contributed by atoms with Gasteiger partial charge in [-0.15, -0.1) is 0 Å². The zero-order chi connectivity index (χ0) is 16.0. The summed E-state index contributed by atoms with van der Waals surface area (Å²) in [5.74, 6) is -0.320. The molecule has 0 amide bonds. The third kappa shape index (κ3) is 2.08. The van der Waals surface area contributed by atoms with Crippen LogP contribution in [0.3, 0.4) is 0 Å². The Morgan fingerprint density at radius 1 is 1.04 bits per heavy atom. The lowest BCUT2D eigenvalue weighted by molar-refractivity contribution is 0.465. The average molecular weight is 309 g/mol. The normalized spacial score (nSPS) is 13.9. The number of aromatic hydroxyl groups is 1. The van der Waals surface area contributed by atoms with Crippen molar-refractivity contribution >= 4 is 11.0 Å². The lowest BCUT2D eigenvalue weighted by Crippen LogP contribution is -2.26. The molecule has 0 bridgehead atoms. The van der Waals surface area contributed by atoms with Crippen molar-refractivity contribution < 1.29 is 9.52 Å². The van der Waals surface area contributed by atoms with Crippen molar-refractivity contribution in [3.8, 4) is 11.4 Å². The number of aromatic nitrogens is 1. The first-order valence-electron chi connectivity index (χ1n) is 7.66. The summed E-state index contributed by atoms with van der Waals surface area (Å²) in [6, 6.07) is 10.3. The predicted molar refractivity (Wildman–Crippen MR) is 86.4 cm³/mol. The largest absolute Gasteiger partial charge is 0.507 e. The van der Waals surface area contributed by atoms with Crippen molar-refractivity contribution in [2.45, 2.75) is 25.7 Å². The van der Waals surface area contributed by atoms with E-state index in [1.165, 1.54) is 0 Å². The van der Waals surface area contributed by atoms with Crippen molar-refractivity contribution in [3.05, 3.63) is 68.4 Å². The van der Waals surface area contributed by atoms with Crippen molar-refractivity contribution in [2.75, 3.05) is 0 Å². The topological polar surface area (TPSA) is 72.4 Å². The van der Waals surface area contributed by atoms with E-state index in [1.54, 1.807) is 4.57 Å². The van der Waals surface area contributed by atoms with Gasteiger partial charge in [-0.25, -0.2) is 4.79 Å². The Bertz CT molecular complexity index is 1020. The van der Waals surface area contributed by atoms with Crippen LogP contribution in [-0.4, -0.2) is 9.67 Å². The summed E-state index contributed by atoms with van der Waals surface area (Å²) < 4.78 is 6.92. The number of nitrogens with zero attached hydrogens (tertiary/aromatic N) is 1. The Kier molecular flexibility index (Phi) is 3.08. The highest BCUT2D eigenvalue weighted by atomic mass is 16.4. The molecule has 2 heterocycles. The Morgan fingerprint density at radius 2 is 1.78 bits per heavy atom. The molecule has 0 saturated heterocycles. The van der Waals surface area contributed by atoms with E-state index < -0.39 is 5.63 Å². The van der Waals surface area contributed by atoms with Crippen LogP contribution in [0.1, 0.15) is 24.1 Å². The molecule has 1 aliphatic carbocycles. The lowest BCUT2D eigenvalue weighted by atomic mass is 9.93. The summed E-state index contributed by atoms with van der Waals surface area (Å²) in [7, 11) is 0. The lowest BCUT2D eigenvalue weighted by Gasteiger charge is -2.22. The van der Waals surface area contributed by atoms with Crippen molar-refractivity contribution in [3.63, 3.8) is 0 Å². The molecule has 23 heavy (non-hydrogen) atoms. The van der Waals surface area contributed by atoms with Crippen molar-refractivity contribution in [2.24, 2.45) is 0 Å². The Labute approximate surface area is 131 Å². The zero-order valence-electron chi connectivity index (χ0n) is 12.4. The van der Waals surface area contributed by atoms with Gasteiger partial charge < -0.3 is 9.52 Å². The fourth-order valence-electron chi connectivity index (χ4n) is 3.37. The van der Waals surface area contributed by atoms with Gasteiger partial charge in [-0.3, -0.25) is 9.36 Å². The van der Waals surface area contributed by atoms with Gasteiger partial charge >= 0.3 is 5.63 Å². The SMILES string of the molecule is O=c1cc(O)c2c(=O)n(-c3ccccc3)c3c(c2o1)CCCC3. The van der Waals surface area contributed by atoms with Gasteiger partial charge in [-0.1, -0.05) is 18.2 Å². The first kappa shape index (κ1) is 13.8. The molecule has 0 radical (unpaired) electrons. The molecule has 116 valence electrons. The first-order chi connectivity index (χ1) is 11.2. The highest BCUT2D eigenvalue weighted by Gasteiger charge is 2.24. The first-order valence-corrected chi connectivity index (χ1v) is 7.66. The van der Waals surface area contributed by atoms with E-state index in [9.17, 15) is 14.7 Å². The molecule has 0 fully saturated rings. The molecule has 2 aromatic heterocycles. The van der Waals surface area contributed by atoms with E-state index in [4.69, 9.17) is 4.42 Å². The number of hydrogen-bond acceptors (Lipinski definition) is 4. The van der Waals surface area contributed by atoms with Gasteiger partial charge in [0.05, 0.1) is 6.07 Å². The molecular weight excluding hydrogens is 294 g/mol. The average Bonchev–Trinajstić information content (AvgIpc) is 2.55. The van der Waals surface area contributed by atoms with Crippen LogP contribution in [0.25, 0.3) is 16.7 Å². The summed E-state index contributed by atoms with van der Waals surface area (Å²) in [5.41, 5.74) is 1.72. The molecule has 3 aromatic rings. The molecule has 0 saturated carbocycles. The highest BCUT2D eigenvalue weighted by molar-refractivity contribution is 5.85. The molecule has 4 rings (SSSR count). The fraction of sp³-hybridized carbons (Fsp3) is 0.222. The number of pyridine rings is 1. The number of hydrogen-bond donors (Lipinski definition) is 1. The Balaban J connectivity index is 2.22. The maximum atomic E-state index is 13.0. The standard InChI is InChI=1S/C18H15NO4/c20-14-10-15(21)23-17-12-8-4-5-9-13(12)19(18(22)16(14)17)11-6-2-1-3-7-11/h1-3,6-7,10,20H,4-5,8-9H2. The van der Waals surface area contributed by atoms with Crippen LogP contribution < -0.4 is 11.2 Å². The minimum Gasteiger partial charge on any atom is -0.507 e. The van der Waals surface area contributed by atoms with Crippen LogP contribution >= 0.6 is 0 Å². The molecule has 5 heteroatoms. The van der Waals surface area contributed by atoms with Gasteiger partial charge in [0.2, 0.25) is 0 Å². The molecule has 1 aromatic carbocycles. The van der Waals surface area contributed by atoms with Crippen LogP contribution in [0.5, 0.6) is 5.75 Å². The smallest absolute Gasteiger partial charge is 0.339 e.